The molecular weight excluding hydrogens is 426 g/mol. The molecule has 0 spiro atoms. The molecule has 3 aromatic rings. The summed E-state index contributed by atoms with van der Waals surface area (Å²) in [5.41, 5.74) is 4.14. The van der Waals surface area contributed by atoms with Gasteiger partial charge in [-0.1, -0.05) is 36.4 Å². The number of nitro groups is 1. The number of hydrogen-bond acceptors (Lipinski definition) is 6. The number of carbonyl (C=O) groups excluding carboxylic acids is 3. The van der Waals surface area contributed by atoms with Crippen LogP contribution in [0.2, 0.25) is 0 Å². The molecule has 166 valence electrons. The van der Waals surface area contributed by atoms with Gasteiger partial charge in [-0.05, 0) is 36.8 Å². The average Bonchev–Trinajstić information content (AvgIpc) is 2.79. The quantitative estimate of drug-likeness (QED) is 0.231. The molecular formula is C23H19N5O5. The number of nitrogens with one attached hydrogen (secondary N) is 3. The molecule has 0 aliphatic heterocycles. The maximum atomic E-state index is 12.7. The van der Waals surface area contributed by atoms with Crippen LogP contribution in [-0.2, 0) is 9.59 Å². The molecule has 10 heteroatoms. The first-order chi connectivity index (χ1) is 15.8. The fourth-order valence-corrected chi connectivity index (χ4v) is 2.83. The van der Waals surface area contributed by atoms with Gasteiger partial charge >= 0.3 is 11.8 Å². The summed E-state index contributed by atoms with van der Waals surface area (Å²) in [6.07, 6.45) is 1.17. The number of para-hydroxylation sites is 1. The molecule has 0 saturated heterocycles. The average molecular weight is 445 g/mol. The van der Waals surface area contributed by atoms with Gasteiger partial charge in [0.2, 0.25) is 0 Å². The van der Waals surface area contributed by atoms with Crippen molar-refractivity contribution in [1.82, 2.24) is 5.43 Å². The number of rotatable bonds is 6. The molecule has 0 aromatic heterocycles. The molecule has 0 bridgehead atoms. The minimum atomic E-state index is -1.08. The molecule has 0 atom stereocenters. The molecule has 0 aliphatic rings. The molecule has 10 nitrogen and oxygen atoms in total. The fraction of sp³-hybridized carbons (Fsp3) is 0.0435. The maximum absolute atomic E-state index is 12.7. The van der Waals surface area contributed by atoms with Crippen molar-refractivity contribution in [1.29, 1.82) is 0 Å². The predicted octanol–water partition coefficient (Wildman–Crippen LogP) is 3.24. The second-order valence-corrected chi connectivity index (χ2v) is 6.87. The number of amides is 3. The Hall–Kier alpha value is -4.86. The van der Waals surface area contributed by atoms with Crippen LogP contribution < -0.4 is 16.1 Å². The van der Waals surface area contributed by atoms with Crippen LogP contribution in [-0.4, -0.2) is 28.9 Å². The highest BCUT2D eigenvalue weighted by Crippen LogP contribution is 2.18. The van der Waals surface area contributed by atoms with E-state index in [1.807, 2.05) is 18.4 Å². The smallest absolute Gasteiger partial charge is 0.322 e. The van der Waals surface area contributed by atoms with Crippen molar-refractivity contribution in [3.05, 3.63) is 99.6 Å². The van der Waals surface area contributed by atoms with Crippen molar-refractivity contribution < 1.29 is 19.3 Å². The van der Waals surface area contributed by atoms with Crippen LogP contribution in [0.25, 0.3) is 0 Å². The number of hydrogen-bond donors (Lipinski definition) is 3. The van der Waals surface area contributed by atoms with Crippen molar-refractivity contribution >= 4 is 41.0 Å². The lowest BCUT2D eigenvalue weighted by Crippen LogP contribution is -2.33. The zero-order valence-electron chi connectivity index (χ0n) is 17.4. The lowest BCUT2D eigenvalue weighted by atomic mass is 10.1. The van der Waals surface area contributed by atoms with Crippen LogP contribution in [0.4, 0.5) is 17.1 Å². The number of non-ortho nitro benzene ring substituents is 1. The van der Waals surface area contributed by atoms with Gasteiger partial charge in [0.15, 0.2) is 0 Å². The number of anilines is 2. The molecule has 0 fully saturated rings. The zero-order chi connectivity index (χ0) is 23.8. The third kappa shape index (κ3) is 6.31. The third-order valence-electron chi connectivity index (χ3n) is 4.36. The number of nitrogens with zero attached hydrogens (tertiary/aromatic N) is 2. The minimum Gasteiger partial charge on any atom is -0.322 e. The summed E-state index contributed by atoms with van der Waals surface area (Å²) in [5, 5.41) is 19.6. The molecule has 3 aromatic carbocycles. The van der Waals surface area contributed by atoms with E-state index in [2.05, 4.69) is 15.7 Å². The molecule has 3 amide bonds. The maximum Gasteiger partial charge on any atom is 0.329 e. The standard InChI is InChI=1S/C23H19N5O5/c1-15-6-4-8-17(12-15)25-21(29)19-10-2-3-11-20(19)26-22(30)23(31)27-24-14-16-7-5-9-18(13-16)28(32)33/h2-14H,1H3,(H,25,29)(H,26,30)(H,27,31)/b24-14-. The van der Waals surface area contributed by atoms with E-state index in [-0.39, 0.29) is 16.9 Å². The van der Waals surface area contributed by atoms with Crippen LogP contribution in [0, 0.1) is 17.0 Å². The number of hydrazone groups is 1. The predicted molar refractivity (Wildman–Crippen MR) is 123 cm³/mol. The summed E-state index contributed by atoms with van der Waals surface area (Å²) >= 11 is 0. The van der Waals surface area contributed by atoms with Crippen LogP contribution >= 0.6 is 0 Å². The van der Waals surface area contributed by atoms with E-state index < -0.39 is 22.6 Å². The number of nitro benzene ring substituents is 1. The van der Waals surface area contributed by atoms with Crippen molar-refractivity contribution in [2.24, 2.45) is 5.10 Å². The molecule has 0 radical (unpaired) electrons. The van der Waals surface area contributed by atoms with E-state index in [0.717, 1.165) is 5.56 Å². The van der Waals surface area contributed by atoms with Crippen molar-refractivity contribution in [3.63, 3.8) is 0 Å². The van der Waals surface area contributed by atoms with Crippen LogP contribution in [0.1, 0.15) is 21.5 Å². The summed E-state index contributed by atoms with van der Waals surface area (Å²) in [6.45, 7) is 1.89. The molecule has 0 saturated carbocycles. The lowest BCUT2D eigenvalue weighted by molar-refractivity contribution is -0.384. The van der Waals surface area contributed by atoms with E-state index in [1.54, 1.807) is 36.4 Å². The van der Waals surface area contributed by atoms with Gasteiger partial charge in [-0.15, -0.1) is 0 Å². The lowest BCUT2D eigenvalue weighted by Gasteiger charge is -2.11. The van der Waals surface area contributed by atoms with E-state index in [1.165, 1.54) is 36.5 Å². The molecule has 3 rings (SSSR count). The Balaban J connectivity index is 1.64. The van der Waals surface area contributed by atoms with Gasteiger partial charge in [0.1, 0.15) is 0 Å². The van der Waals surface area contributed by atoms with Crippen molar-refractivity contribution in [2.75, 3.05) is 10.6 Å². The fourth-order valence-electron chi connectivity index (χ4n) is 2.83. The minimum absolute atomic E-state index is 0.136. The first-order valence-corrected chi connectivity index (χ1v) is 9.69. The van der Waals surface area contributed by atoms with Crippen LogP contribution in [0.15, 0.2) is 77.9 Å². The Labute approximate surface area is 188 Å². The number of benzene rings is 3. The Morgan fingerprint density at radius 1 is 0.909 bits per heavy atom. The van der Waals surface area contributed by atoms with E-state index >= 15 is 0 Å². The van der Waals surface area contributed by atoms with Gasteiger partial charge in [-0.3, -0.25) is 24.5 Å². The van der Waals surface area contributed by atoms with Crippen LogP contribution in [0.5, 0.6) is 0 Å². The van der Waals surface area contributed by atoms with Gasteiger partial charge in [-0.2, -0.15) is 5.10 Å². The first-order valence-electron chi connectivity index (χ1n) is 9.69. The summed E-state index contributed by atoms with van der Waals surface area (Å²) in [7, 11) is 0. The monoisotopic (exact) mass is 445 g/mol. The second kappa shape index (κ2) is 10.4. The second-order valence-electron chi connectivity index (χ2n) is 6.87. The summed E-state index contributed by atoms with van der Waals surface area (Å²) in [6, 6.07) is 19.1. The van der Waals surface area contributed by atoms with E-state index in [0.29, 0.717) is 11.3 Å². The molecule has 0 heterocycles. The van der Waals surface area contributed by atoms with Gasteiger partial charge < -0.3 is 10.6 Å². The third-order valence-corrected chi connectivity index (χ3v) is 4.36. The summed E-state index contributed by atoms with van der Waals surface area (Å²) < 4.78 is 0. The van der Waals surface area contributed by atoms with Gasteiger partial charge in [-0.25, -0.2) is 5.43 Å². The normalized spacial score (nSPS) is 10.5. The highest BCUT2D eigenvalue weighted by Gasteiger charge is 2.18. The highest BCUT2D eigenvalue weighted by atomic mass is 16.6. The first kappa shape index (κ1) is 22.8. The van der Waals surface area contributed by atoms with Crippen LogP contribution in [0.3, 0.4) is 0 Å². The van der Waals surface area contributed by atoms with Crippen molar-refractivity contribution in [2.45, 2.75) is 6.92 Å². The Bertz CT molecular complexity index is 1260. The zero-order valence-corrected chi connectivity index (χ0v) is 17.4. The summed E-state index contributed by atoms with van der Waals surface area (Å²) in [5.74, 6) is -2.58. The molecule has 3 N–H and O–H groups in total. The number of aryl methyl sites for hydroxylation is 1. The topological polar surface area (TPSA) is 143 Å². The highest BCUT2D eigenvalue weighted by molar-refractivity contribution is 6.40. The largest absolute Gasteiger partial charge is 0.329 e. The Morgan fingerprint density at radius 2 is 1.67 bits per heavy atom. The summed E-state index contributed by atoms with van der Waals surface area (Å²) in [4.78, 5) is 47.2. The van der Waals surface area contributed by atoms with Gasteiger partial charge in [0.05, 0.1) is 22.4 Å². The SMILES string of the molecule is Cc1cccc(NC(=O)c2ccccc2NC(=O)C(=O)N/N=C\c2cccc([N+](=O)[O-])c2)c1. The Morgan fingerprint density at radius 3 is 2.42 bits per heavy atom. The molecule has 33 heavy (non-hydrogen) atoms. The Kier molecular flexibility index (Phi) is 7.22. The van der Waals surface area contributed by atoms with E-state index in [9.17, 15) is 24.5 Å². The van der Waals surface area contributed by atoms with E-state index in [4.69, 9.17) is 0 Å². The molecule has 0 aliphatic carbocycles. The van der Waals surface area contributed by atoms with Gasteiger partial charge in [0.25, 0.3) is 11.6 Å². The van der Waals surface area contributed by atoms with Gasteiger partial charge in [0, 0.05) is 23.4 Å². The number of carbonyl (C=O) groups is 3. The molecule has 0 unspecified atom stereocenters. The van der Waals surface area contributed by atoms with Crippen molar-refractivity contribution in [3.8, 4) is 0 Å².